The van der Waals surface area contributed by atoms with E-state index in [0.717, 1.165) is 18.4 Å². The lowest BCUT2D eigenvalue weighted by Gasteiger charge is -2.23. The van der Waals surface area contributed by atoms with Gasteiger partial charge < -0.3 is 4.90 Å². The van der Waals surface area contributed by atoms with Gasteiger partial charge in [-0.2, -0.15) is 9.40 Å². The first-order valence-electron chi connectivity index (χ1n) is 8.15. The summed E-state index contributed by atoms with van der Waals surface area (Å²) in [4.78, 5) is 2.00. The Morgan fingerprint density at radius 3 is 2.42 bits per heavy atom. The lowest BCUT2D eigenvalue weighted by molar-refractivity contribution is 0.326. The summed E-state index contributed by atoms with van der Waals surface area (Å²) < 4.78 is 29.4. The number of nitrogens with zero attached hydrogens (tertiary/aromatic N) is 4. The van der Waals surface area contributed by atoms with Crippen LogP contribution >= 0.6 is 0 Å². The van der Waals surface area contributed by atoms with Crippen molar-refractivity contribution in [2.24, 2.45) is 7.05 Å². The van der Waals surface area contributed by atoms with Crippen LogP contribution < -0.4 is 0 Å². The van der Waals surface area contributed by atoms with Crippen molar-refractivity contribution in [3.8, 4) is 11.3 Å². The van der Waals surface area contributed by atoms with Crippen LogP contribution in [0.5, 0.6) is 0 Å². The van der Waals surface area contributed by atoms with Crippen molar-refractivity contribution in [3.63, 3.8) is 0 Å². The highest BCUT2D eigenvalue weighted by molar-refractivity contribution is 7.89. The van der Waals surface area contributed by atoms with Crippen LogP contribution in [-0.4, -0.2) is 60.6 Å². The zero-order valence-electron chi connectivity index (χ0n) is 14.4. The summed E-state index contributed by atoms with van der Waals surface area (Å²) in [6, 6.07) is 11.4. The van der Waals surface area contributed by atoms with Crippen molar-refractivity contribution >= 4 is 10.0 Å². The lowest BCUT2D eigenvalue weighted by atomic mass is 10.2. The van der Waals surface area contributed by atoms with Crippen LogP contribution in [-0.2, 0) is 17.1 Å². The molecule has 24 heavy (non-hydrogen) atoms. The number of benzene rings is 1. The van der Waals surface area contributed by atoms with E-state index in [1.54, 1.807) is 17.4 Å². The van der Waals surface area contributed by atoms with E-state index in [1.807, 2.05) is 49.3 Å². The van der Waals surface area contributed by atoms with Crippen LogP contribution in [0.1, 0.15) is 12.8 Å². The lowest BCUT2D eigenvalue weighted by Crippen LogP contribution is -2.39. The topological polar surface area (TPSA) is 58.4 Å². The van der Waals surface area contributed by atoms with E-state index in [9.17, 15) is 8.42 Å². The predicted octanol–water partition coefficient (Wildman–Crippen LogP) is 1.80. The highest BCUT2D eigenvalue weighted by atomic mass is 32.2. The SMILES string of the molecule is CN(C)CCN(C1CC1)S(=O)(=O)c1cc(-c2ccccc2)nn1C. The number of sulfonamides is 1. The van der Waals surface area contributed by atoms with Gasteiger partial charge in [-0.1, -0.05) is 30.3 Å². The van der Waals surface area contributed by atoms with E-state index in [1.165, 1.54) is 4.68 Å². The molecule has 0 saturated heterocycles. The van der Waals surface area contributed by atoms with Crippen molar-refractivity contribution in [1.29, 1.82) is 0 Å². The summed E-state index contributed by atoms with van der Waals surface area (Å²) in [7, 11) is 2.05. The van der Waals surface area contributed by atoms with Gasteiger partial charge in [0, 0.05) is 37.8 Å². The van der Waals surface area contributed by atoms with Crippen molar-refractivity contribution in [3.05, 3.63) is 36.4 Å². The molecular formula is C17H24N4O2S. The maximum Gasteiger partial charge on any atom is 0.260 e. The molecule has 0 unspecified atom stereocenters. The Hall–Kier alpha value is -1.70. The molecule has 7 heteroatoms. The summed E-state index contributed by atoms with van der Waals surface area (Å²) in [6.07, 6.45) is 1.88. The minimum Gasteiger partial charge on any atom is -0.308 e. The molecule has 130 valence electrons. The average Bonchev–Trinajstić information content (AvgIpc) is 3.28. The second kappa shape index (κ2) is 6.66. The zero-order chi connectivity index (χ0) is 17.3. The van der Waals surface area contributed by atoms with Crippen LogP contribution in [0.15, 0.2) is 41.4 Å². The molecule has 3 rings (SSSR count). The largest absolute Gasteiger partial charge is 0.308 e. The molecule has 0 spiro atoms. The molecule has 6 nitrogen and oxygen atoms in total. The average molecular weight is 348 g/mol. The van der Waals surface area contributed by atoms with Gasteiger partial charge in [-0.3, -0.25) is 4.68 Å². The molecule has 1 fully saturated rings. The summed E-state index contributed by atoms with van der Waals surface area (Å²) in [6.45, 7) is 1.21. The molecule has 0 aliphatic heterocycles. The van der Waals surface area contributed by atoms with Gasteiger partial charge >= 0.3 is 0 Å². The van der Waals surface area contributed by atoms with Crippen molar-refractivity contribution in [2.75, 3.05) is 27.2 Å². The van der Waals surface area contributed by atoms with Crippen LogP contribution in [0.25, 0.3) is 11.3 Å². The fraction of sp³-hybridized carbons (Fsp3) is 0.471. The van der Waals surface area contributed by atoms with E-state index in [-0.39, 0.29) is 11.1 Å². The van der Waals surface area contributed by atoms with Crippen molar-refractivity contribution < 1.29 is 8.42 Å². The molecule has 0 N–H and O–H groups in total. The third-order valence-electron chi connectivity index (χ3n) is 4.20. The van der Waals surface area contributed by atoms with Crippen LogP contribution in [0.2, 0.25) is 0 Å². The molecule has 1 aromatic carbocycles. The first-order chi connectivity index (χ1) is 11.4. The number of aromatic nitrogens is 2. The third kappa shape index (κ3) is 3.53. The molecule has 0 radical (unpaired) electrons. The van der Waals surface area contributed by atoms with Gasteiger partial charge in [0.1, 0.15) is 0 Å². The second-order valence-electron chi connectivity index (χ2n) is 6.51. The number of aryl methyl sites for hydroxylation is 1. The summed E-state index contributed by atoms with van der Waals surface area (Å²) in [5.74, 6) is 0. The van der Waals surface area contributed by atoms with Gasteiger partial charge in [0.25, 0.3) is 10.0 Å². The van der Waals surface area contributed by atoms with Gasteiger partial charge in [-0.15, -0.1) is 0 Å². The molecule has 0 bridgehead atoms. The third-order valence-corrected chi connectivity index (χ3v) is 6.21. The molecular weight excluding hydrogens is 324 g/mol. The predicted molar refractivity (Wildman–Crippen MR) is 94.1 cm³/mol. The highest BCUT2D eigenvalue weighted by Crippen LogP contribution is 2.32. The van der Waals surface area contributed by atoms with Gasteiger partial charge in [-0.25, -0.2) is 8.42 Å². The number of hydrogen-bond acceptors (Lipinski definition) is 4. The Bertz CT molecular complexity index is 795. The van der Waals surface area contributed by atoms with Gasteiger partial charge in [0.15, 0.2) is 5.03 Å². The molecule has 0 atom stereocenters. The summed E-state index contributed by atoms with van der Waals surface area (Å²) in [5, 5.41) is 4.66. The van der Waals surface area contributed by atoms with Gasteiger partial charge in [-0.05, 0) is 26.9 Å². The fourth-order valence-electron chi connectivity index (χ4n) is 2.72. The van der Waals surface area contributed by atoms with Crippen LogP contribution in [0.4, 0.5) is 0 Å². The Morgan fingerprint density at radius 1 is 1.17 bits per heavy atom. The Kier molecular flexibility index (Phi) is 4.76. The van der Waals surface area contributed by atoms with E-state index >= 15 is 0 Å². The molecule has 1 aliphatic rings. The van der Waals surface area contributed by atoms with Crippen molar-refractivity contribution in [1.82, 2.24) is 19.0 Å². The van der Waals surface area contributed by atoms with Crippen LogP contribution in [0, 0.1) is 0 Å². The standard InChI is InChI=1S/C17H24N4O2S/c1-19(2)11-12-21(15-9-10-15)24(22,23)17-13-16(18-20(17)3)14-7-5-4-6-8-14/h4-8,13,15H,9-12H2,1-3H3. The molecule has 0 amide bonds. The first-order valence-corrected chi connectivity index (χ1v) is 9.59. The van der Waals surface area contributed by atoms with Gasteiger partial charge in [0.2, 0.25) is 0 Å². The minimum atomic E-state index is -3.54. The summed E-state index contributed by atoms with van der Waals surface area (Å²) in [5.41, 5.74) is 1.60. The maximum absolute atomic E-state index is 13.1. The Morgan fingerprint density at radius 2 is 1.83 bits per heavy atom. The van der Waals surface area contributed by atoms with E-state index in [4.69, 9.17) is 0 Å². The summed E-state index contributed by atoms with van der Waals surface area (Å²) >= 11 is 0. The molecule has 1 aromatic heterocycles. The number of rotatable bonds is 7. The second-order valence-corrected chi connectivity index (χ2v) is 8.35. The normalized spacial score (nSPS) is 15.4. The Balaban J connectivity index is 1.92. The number of likely N-dealkylation sites (N-methyl/N-ethyl adjacent to an activating group) is 1. The molecule has 2 aromatic rings. The molecule has 1 aliphatic carbocycles. The van der Waals surface area contributed by atoms with Crippen molar-refractivity contribution in [2.45, 2.75) is 23.9 Å². The van der Waals surface area contributed by atoms with Crippen LogP contribution in [0.3, 0.4) is 0 Å². The quantitative estimate of drug-likeness (QED) is 0.766. The first kappa shape index (κ1) is 17.1. The van der Waals surface area contributed by atoms with Gasteiger partial charge in [0.05, 0.1) is 5.69 Å². The van der Waals surface area contributed by atoms with E-state index < -0.39 is 10.0 Å². The zero-order valence-corrected chi connectivity index (χ0v) is 15.2. The molecule has 1 saturated carbocycles. The smallest absolute Gasteiger partial charge is 0.260 e. The minimum absolute atomic E-state index is 0.130. The highest BCUT2D eigenvalue weighted by Gasteiger charge is 2.39. The number of hydrogen-bond donors (Lipinski definition) is 0. The van der Waals surface area contributed by atoms with E-state index in [2.05, 4.69) is 5.10 Å². The maximum atomic E-state index is 13.1. The monoisotopic (exact) mass is 348 g/mol. The van der Waals surface area contributed by atoms with E-state index in [0.29, 0.717) is 18.8 Å². The Labute approximate surface area is 143 Å². The fourth-order valence-corrected chi connectivity index (χ4v) is 4.52. The molecule has 1 heterocycles.